The Hall–Kier alpha value is -1.33. The van der Waals surface area contributed by atoms with E-state index in [2.05, 4.69) is 55.2 Å². The molecule has 0 atom stereocenters. The lowest BCUT2D eigenvalue weighted by atomic mass is 10.2. The Morgan fingerprint density at radius 2 is 2.00 bits per heavy atom. The van der Waals surface area contributed by atoms with Gasteiger partial charge in [-0.05, 0) is 39.7 Å². The minimum absolute atomic E-state index is 0.452. The minimum Gasteiger partial charge on any atom is -0.486 e. The number of nitrogens with zero attached hydrogens (tertiary/aromatic N) is 2. The monoisotopic (exact) mass is 408 g/mol. The van der Waals surface area contributed by atoms with Crippen LogP contribution in [0.2, 0.25) is 0 Å². The zero-order valence-corrected chi connectivity index (χ0v) is 14.7. The van der Waals surface area contributed by atoms with Gasteiger partial charge in [-0.25, -0.2) is 0 Å². The van der Waals surface area contributed by atoms with Crippen molar-refractivity contribution in [2.45, 2.75) is 11.9 Å². The van der Waals surface area contributed by atoms with E-state index in [0.717, 1.165) is 32.1 Å². The summed E-state index contributed by atoms with van der Waals surface area (Å²) in [6.07, 6.45) is 0. The predicted molar refractivity (Wildman–Crippen MR) is 91.8 cm³/mol. The number of ether oxygens (including phenoxy) is 1. The summed E-state index contributed by atoms with van der Waals surface area (Å²) in [7, 11) is 1.95. The van der Waals surface area contributed by atoms with E-state index in [9.17, 15) is 0 Å². The molecule has 0 amide bonds. The predicted octanol–water partition coefficient (Wildman–Crippen LogP) is 4.81. The number of aromatic nitrogens is 2. The molecular weight excluding hydrogens is 396 g/mol. The molecular formula is C16H14Br2N2O. The van der Waals surface area contributed by atoms with E-state index >= 15 is 0 Å². The van der Waals surface area contributed by atoms with Gasteiger partial charge in [0.2, 0.25) is 0 Å². The van der Waals surface area contributed by atoms with E-state index in [-0.39, 0.29) is 0 Å². The maximum Gasteiger partial charge on any atom is 0.134 e. The summed E-state index contributed by atoms with van der Waals surface area (Å²) in [5.74, 6) is 0.828. The average Bonchev–Trinajstić information content (AvgIpc) is 2.83. The smallest absolute Gasteiger partial charge is 0.134 e. The second-order valence-electron chi connectivity index (χ2n) is 4.77. The van der Waals surface area contributed by atoms with Crippen LogP contribution in [0.15, 0.2) is 46.9 Å². The Balaban J connectivity index is 1.84. The van der Waals surface area contributed by atoms with Crippen molar-refractivity contribution in [2.24, 2.45) is 7.05 Å². The number of aryl methyl sites for hydroxylation is 1. The molecule has 5 heteroatoms. The molecule has 0 spiro atoms. The second kappa shape index (κ2) is 6.20. The Kier molecular flexibility index (Phi) is 4.31. The summed E-state index contributed by atoms with van der Waals surface area (Å²) in [5.41, 5.74) is 3.27. The fourth-order valence-corrected chi connectivity index (χ4v) is 3.18. The van der Waals surface area contributed by atoms with E-state index in [4.69, 9.17) is 4.74 Å². The molecule has 0 saturated heterocycles. The molecule has 3 nitrogen and oxygen atoms in total. The van der Waals surface area contributed by atoms with E-state index in [1.54, 1.807) is 0 Å². The highest BCUT2D eigenvalue weighted by Gasteiger charge is 2.09. The van der Waals surface area contributed by atoms with Gasteiger partial charge in [-0.15, -0.1) is 0 Å². The van der Waals surface area contributed by atoms with E-state index in [0.29, 0.717) is 6.61 Å². The van der Waals surface area contributed by atoms with Crippen LogP contribution in [0, 0.1) is 0 Å². The molecule has 108 valence electrons. The summed E-state index contributed by atoms with van der Waals surface area (Å²) in [5, 5.41) is 6.50. The van der Waals surface area contributed by atoms with Crippen LogP contribution < -0.4 is 4.74 Å². The molecule has 0 radical (unpaired) electrons. The third kappa shape index (κ3) is 2.99. The van der Waals surface area contributed by atoms with E-state index in [1.807, 2.05) is 36.0 Å². The SMILES string of the molecule is Cn1nc(COc2ccc(CBr)cc2Br)c2ccccc21. The quantitative estimate of drug-likeness (QED) is 0.578. The Bertz CT molecular complexity index is 783. The Morgan fingerprint density at radius 3 is 2.76 bits per heavy atom. The summed E-state index contributed by atoms with van der Waals surface area (Å²) >= 11 is 6.99. The first-order chi connectivity index (χ1) is 10.2. The van der Waals surface area contributed by atoms with Crippen LogP contribution in [0.1, 0.15) is 11.3 Å². The fraction of sp³-hybridized carbons (Fsp3) is 0.188. The molecule has 1 aromatic heterocycles. The van der Waals surface area contributed by atoms with Crippen molar-refractivity contribution < 1.29 is 4.74 Å². The first-order valence-electron chi connectivity index (χ1n) is 6.57. The molecule has 3 aromatic rings. The van der Waals surface area contributed by atoms with Gasteiger partial charge in [0, 0.05) is 17.8 Å². The van der Waals surface area contributed by atoms with Crippen LogP contribution in [-0.2, 0) is 19.0 Å². The average molecular weight is 410 g/mol. The standard InChI is InChI=1S/C16H14Br2N2O/c1-20-15-5-3-2-4-12(15)14(19-20)10-21-16-7-6-11(9-17)8-13(16)18/h2-8H,9-10H2,1H3. The van der Waals surface area contributed by atoms with Crippen LogP contribution in [0.25, 0.3) is 10.9 Å². The molecule has 0 aliphatic rings. The van der Waals surface area contributed by atoms with Gasteiger partial charge in [-0.3, -0.25) is 4.68 Å². The lowest BCUT2D eigenvalue weighted by Crippen LogP contribution is -1.99. The molecule has 0 bridgehead atoms. The molecule has 21 heavy (non-hydrogen) atoms. The Morgan fingerprint density at radius 1 is 1.19 bits per heavy atom. The molecule has 0 N–H and O–H groups in total. The van der Waals surface area contributed by atoms with E-state index in [1.165, 1.54) is 5.56 Å². The maximum absolute atomic E-state index is 5.91. The van der Waals surface area contributed by atoms with Crippen LogP contribution in [0.5, 0.6) is 5.75 Å². The van der Waals surface area contributed by atoms with Crippen LogP contribution in [-0.4, -0.2) is 9.78 Å². The third-order valence-electron chi connectivity index (χ3n) is 3.35. The van der Waals surface area contributed by atoms with Crippen molar-refractivity contribution in [3.05, 3.63) is 58.2 Å². The fourth-order valence-electron chi connectivity index (χ4n) is 2.29. The molecule has 3 rings (SSSR count). The first kappa shape index (κ1) is 14.6. The van der Waals surface area contributed by atoms with Gasteiger partial charge in [0.05, 0.1) is 9.99 Å². The van der Waals surface area contributed by atoms with Crippen molar-refractivity contribution >= 4 is 42.8 Å². The van der Waals surface area contributed by atoms with Crippen molar-refractivity contribution in [3.8, 4) is 5.75 Å². The number of benzene rings is 2. The van der Waals surface area contributed by atoms with Gasteiger partial charge in [-0.2, -0.15) is 5.10 Å². The summed E-state index contributed by atoms with van der Waals surface area (Å²) < 4.78 is 8.75. The number of hydrogen-bond acceptors (Lipinski definition) is 2. The number of para-hydroxylation sites is 1. The molecule has 1 heterocycles. The first-order valence-corrected chi connectivity index (χ1v) is 8.48. The number of fused-ring (bicyclic) bond motifs is 1. The highest BCUT2D eigenvalue weighted by atomic mass is 79.9. The molecule has 2 aromatic carbocycles. The zero-order chi connectivity index (χ0) is 14.8. The van der Waals surface area contributed by atoms with Gasteiger partial charge in [0.15, 0.2) is 0 Å². The lowest BCUT2D eigenvalue weighted by Gasteiger charge is -2.08. The second-order valence-corrected chi connectivity index (χ2v) is 6.19. The van der Waals surface area contributed by atoms with Crippen LogP contribution in [0.4, 0.5) is 0 Å². The summed E-state index contributed by atoms with van der Waals surface area (Å²) in [6.45, 7) is 0.452. The number of alkyl halides is 1. The number of rotatable bonds is 4. The van der Waals surface area contributed by atoms with Gasteiger partial charge in [0.1, 0.15) is 18.1 Å². The molecule has 0 unspecified atom stereocenters. The van der Waals surface area contributed by atoms with Crippen LogP contribution >= 0.6 is 31.9 Å². The largest absolute Gasteiger partial charge is 0.486 e. The number of hydrogen-bond donors (Lipinski definition) is 0. The van der Waals surface area contributed by atoms with Gasteiger partial charge in [0.25, 0.3) is 0 Å². The zero-order valence-electron chi connectivity index (χ0n) is 11.5. The molecule has 0 saturated carbocycles. The maximum atomic E-state index is 5.91. The van der Waals surface area contributed by atoms with Gasteiger partial charge >= 0.3 is 0 Å². The van der Waals surface area contributed by atoms with Gasteiger partial charge < -0.3 is 4.74 Å². The molecule has 0 aliphatic carbocycles. The number of halogens is 2. The highest BCUT2D eigenvalue weighted by molar-refractivity contribution is 9.10. The van der Waals surface area contributed by atoms with Crippen molar-refractivity contribution in [1.82, 2.24) is 9.78 Å². The molecule has 0 aliphatic heterocycles. The van der Waals surface area contributed by atoms with E-state index < -0.39 is 0 Å². The van der Waals surface area contributed by atoms with Gasteiger partial charge in [-0.1, -0.05) is 40.2 Å². The summed E-state index contributed by atoms with van der Waals surface area (Å²) in [4.78, 5) is 0. The highest BCUT2D eigenvalue weighted by Crippen LogP contribution is 2.28. The third-order valence-corrected chi connectivity index (χ3v) is 4.62. The molecule has 0 fully saturated rings. The Labute approximate surface area is 140 Å². The summed E-state index contributed by atoms with van der Waals surface area (Å²) in [6, 6.07) is 14.3. The topological polar surface area (TPSA) is 27.1 Å². The minimum atomic E-state index is 0.452. The van der Waals surface area contributed by atoms with Crippen molar-refractivity contribution in [3.63, 3.8) is 0 Å². The van der Waals surface area contributed by atoms with Crippen molar-refractivity contribution in [1.29, 1.82) is 0 Å². The normalized spacial score (nSPS) is 11.0. The van der Waals surface area contributed by atoms with Crippen molar-refractivity contribution in [2.75, 3.05) is 0 Å². The lowest BCUT2D eigenvalue weighted by molar-refractivity contribution is 0.299. The van der Waals surface area contributed by atoms with Crippen LogP contribution in [0.3, 0.4) is 0 Å².